The number of nitrogens with zero attached hydrogens (tertiary/aromatic N) is 3. The topological polar surface area (TPSA) is 50.7 Å². The van der Waals surface area contributed by atoms with Gasteiger partial charge in [0.15, 0.2) is 0 Å². The van der Waals surface area contributed by atoms with Crippen molar-refractivity contribution in [1.82, 2.24) is 15.0 Å². The summed E-state index contributed by atoms with van der Waals surface area (Å²) in [6.07, 6.45) is 10.4. The second kappa shape index (κ2) is 7.26. The Bertz CT molecular complexity index is 768. The highest BCUT2D eigenvalue weighted by Crippen LogP contribution is 2.13. The van der Waals surface area contributed by atoms with Crippen molar-refractivity contribution in [2.75, 3.05) is 5.32 Å². The van der Waals surface area contributed by atoms with Crippen molar-refractivity contribution in [3.05, 3.63) is 84.0 Å². The fraction of sp³-hybridized carbons (Fsp3) is 0.0556. The van der Waals surface area contributed by atoms with Crippen LogP contribution >= 0.6 is 0 Å². The van der Waals surface area contributed by atoms with Crippen LogP contribution in [-0.4, -0.2) is 15.0 Å². The molecular formula is C18H15FN4. The minimum Gasteiger partial charge on any atom is -0.379 e. The molecule has 0 fully saturated rings. The largest absolute Gasteiger partial charge is 0.379 e. The Morgan fingerprint density at radius 2 is 1.65 bits per heavy atom. The number of halogens is 1. The maximum atomic E-state index is 12.7. The number of nitrogens with one attached hydrogen (secondary N) is 1. The summed E-state index contributed by atoms with van der Waals surface area (Å²) in [6.45, 7) is 0.629. The van der Waals surface area contributed by atoms with Crippen LogP contribution in [-0.2, 0) is 6.54 Å². The zero-order chi connectivity index (χ0) is 15.9. The highest BCUT2D eigenvalue weighted by molar-refractivity contribution is 5.70. The molecule has 0 saturated carbocycles. The van der Waals surface area contributed by atoms with Crippen LogP contribution in [0.25, 0.3) is 12.2 Å². The number of hydrogen-bond acceptors (Lipinski definition) is 4. The van der Waals surface area contributed by atoms with Gasteiger partial charge in [-0.1, -0.05) is 24.3 Å². The predicted molar refractivity (Wildman–Crippen MR) is 88.9 cm³/mol. The van der Waals surface area contributed by atoms with Gasteiger partial charge < -0.3 is 5.32 Å². The third-order valence-electron chi connectivity index (χ3n) is 3.22. The summed E-state index contributed by atoms with van der Waals surface area (Å²) < 4.78 is 12.7. The number of pyridine rings is 1. The van der Waals surface area contributed by atoms with E-state index in [0.717, 1.165) is 22.5 Å². The molecule has 3 aromatic rings. The van der Waals surface area contributed by atoms with Crippen molar-refractivity contribution in [3.8, 4) is 0 Å². The van der Waals surface area contributed by atoms with Gasteiger partial charge in [0.1, 0.15) is 0 Å². The highest BCUT2D eigenvalue weighted by atomic mass is 19.1. The first-order valence-electron chi connectivity index (χ1n) is 7.18. The third kappa shape index (κ3) is 4.44. The number of anilines is 1. The molecule has 1 N–H and O–H groups in total. The molecule has 0 aliphatic heterocycles. The normalized spacial score (nSPS) is 10.8. The van der Waals surface area contributed by atoms with Gasteiger partial charge in [0.25, 0.3) is 0 Å². The van der Waals surface area contributed by atoms with Crippen molar-refractivity contribution in [2.45, 2.75) is 6.54 Å². The summed E-state index contributed by atoms with van der Waals surface area (Å²) in [5, 5.41) is 3.29. The van der Waals surface area contributed by atoms with Crippen molar-refractivity contribution in [1.29, 1.82) is 0 Å². The molecule has 2 heterocycles. The lowest BCUT2D eigenvalue weighted by Crippen LogP contribution is -2.01. The van der Waals surface area contributed by atoms with Crippen molar-refractivity contribution in [2.24, 2.45) is 0 Å². The summed E-state index contributed by atoms with van der Waals surface area (Å²) in [5.74, 6) is -0.472. The Morgan fingerprint density at radius 3 is 2.35 bits per heavy atom. The van der Waals surface area contributed by atoms with E-state index >= 15 is 0 Å². The molecule has 0 unspecified atom stereocenters. The van der Waals surface area contributed by atoms with Crippen LogP contribution in [0.15, 0.2) is 61.2 Å². The highest BCUT2D eigenvalue weighted by Gasteiger charge is 1.96. The molecule has 0 atom stereocenters. The van der Waals surface area contributed by atoms with Crippen LogP contribution in [0.2, 0.25) is 0 Å². The van der Waals surface area contributed by atoms with Crippen LogP contribution < -0.4 is 5.32 Å². The quantitative estimate of drug-likeness (QED) is 0.729. The first-order chi connectivity index (χ1) is 11.3. The van der Waals surface area contributed by atoms with Gasteiger partial charge in [-0.2, -0.15) is 4.39 Å². The van der Waals surface area contributed by atoms with E-state index in [1.807, 2.05) is 36.4 Å². The molecular weight excluding hydrogens is 291 g/mol. The molecule has 23 heavy (non-hydrogen) atoms. The van der Waals surface area contributed by atoms with E-state index in [9.17, 15) is 4.39 Å². The smallest absolute Gasteiger partial charge is 0.212 e. The summed E-state index contributed by atoms with van der Waals surface area (Å²) in [4.78, 5) is 11.9. The standard InChI is InChI=1S/C18H15FN4/c19-18-8-5-15(11-23-18)2-1-14-3-6-16(7-4-14)22-13-17-12-20-9-10-21-17/h1-12,22H,13H2/b2-1+. The maximum Gasteiger partial charge on any atom is 0.212 e. The third-order valence-corrected chi connectivity index (χ3v) is 3.22. The number of hydrogen-bond donors (Lipinski definition) is 1. The van der Waals surface area contributed by atoms with Crippen molar-refractivity contribution in [3.63, 3.8) is 0 Å². The minimum absolute atomic E-state index is 0.472. The van der Waals surface area contributed by atoms with Gasteiger partial charge in [0, 0.05) is 24.3 Å². The molecule has 114 valence electrons. The van der Waals surface area contributed by atoms with Gasteiger partial charge in [0.05, 0.1) is 18.4 Å². The molecule has 0 saturated heterocycles. The summed E-state index contributed by atoms with van der Waals surface area (Å²) >= 11 is 0. The van der Waals surface area contributed by atoms with Crippen LogP contribution in [0, 0.1) is 5.95 Å². The van der Waals surface area contributed by atoms with Crippen LogP contribution in [0.5, 0.6) is 0 Å². The molecule has 5 heteroatoms. The molecule has 0 radical (unpaired) electrons. The number of benzene rings is 1. The average molecular weight is 306 g/mol. The second-order valence-corrected chi connectivity index (χ2v) is 4.92. The van der Waals surface area contributed by atoms with Gasteiger partial charge in [-0.25, -0.2) is 4.98 Å². The van der Waals surface area contributed by atoms with E-state index in [4.69, 9.17) is 0 Å². The molecule has 2 aromatic heterocycles. The summed E-state index contributed by atoms with van der Waals surface area (Å²) in [7, 11) is 0. The van der Waals surface area contributed by atoms with E-state index in [1.54, 1.807) is 24.7 Å². The second-order valence-electron chi connectivity index (χ2n) is 4.92. The molecule has 4 nitrogen and oxygen atoms in total. The molecule has 0 aliphatic carbocycles. The first kappa shape index (κ1) is 14.8. The van der Waals surface area contributed by atoms with Crippen molar-refractivity contribution >= 4 is 17.8 Å². The Morgan fingerprint density at radius 1 is 0.870 bits per heavy atom. The lowest BCUT2D eigenvalue weighted by molar-refractivity contribution is 0.583. The Kier molecular flexibility index (Phi) is 4.69. The Hall–Kier alpha value is -3.08. The molecule has 3 rings (SSSR count). The lowest BCUT2D eigenvalue weighted by Gasteiger charge is -2.05. The first-order valence-corrected chi connectivity index (χ1v) is 7.18. The van der Waals surface area contributed by atoms with E-state index in [0.29, 0.717) is 6.54 Å². The number of rotatable bonds is 5. The Balaban J connectivity index is 1.59. The Labute approximate surface area is 133 Å². The van der Waals surface area contributed by atoms with Gasteiger partial charge >= 0.3 is 0 Å². The van der Waals surface area contributed by atoms with Gasteiger partial charge in [-0.15, -0.1) is 0 Å². The van der Waals surface area contributed by atoms with E-state index in [-0.39, 0.29) is 0 Å². The fourth-order valence-electron chi connectivity index (χ4n) is 2.00. The molecule has 0 amide bonds. The summed E-state index contributed by atoms with van der Waals surface area (Å²) in [5.41, 5.74) is 3.81. The van der Waals surface area contributed by atoms with E-state index < -0.39 is 5.95 Å². The van der Waals surface area contributed by atoms with Crippen LogP contribution in [0.4, 0.5) is 10.1 Å². The summed E-state index contributed by atoms with van der Waals surface area (Å²) in [6, 6.07) is 11.0. The predicted octanol–water partition coefficient (Wildman–Crippen LogP) is 3.79. The monoisotopic (exact) mass is 306 g/mol. The zero-order valence-electron chi connectivity index (χ0n) is 12.4. The van der Waals surface area contributed by atoms with Crippen molar-refractivity contribution < 1.29 is 4.39 Å². The average Bonchev–Trinajstić information content (AvgIpc) is 2.61. The van der Waals surface area contributed by atoms with Gasteiger partial charge in [0.2, 0.25) is 5.95 Å². The zero-order valence-corrected chi connectivity index (χ0v) is 12.4. The SMILES string of the molecule is Fc1ccc(/C=C/c2ccc(NCc3cnccn3)cc2)cn1. The van der Waals surface area contributed by atoms with E-state index in [1.165, 1.54) is 12.3 Å². The van der Waals surface area contributed by atoms with Crippen LogP contribution in [0.3, 0.4) is 0 Å². The lowest BCUT2D eigenvalue weighted by atomic mass is 10.1. The maximum absolute atomic E-state index is 12.7. The number of aromatic nitrogens is 3. The van der Waals surface area contributed by atoms with Gasteiger partial charge in [-0.05, 0) is 35.4 Å². The minimum atomic E-state index is -0.472. The molecule has 0 spiro atoms. The van der Waals surface area contributed by atoms with E-state index in [2.05, 4.69) is 20.3 Å². The molecule has 1 aromatic carbocycles. The molecule has 0 bridgehead atoms. The van der Waals surface area contributed by atoms with Crippen LogP contribution in [0.1, 0.15) is 16.8 Å². The molecule has 0 aliphatic rings. The van der Waals surface area contributed by atoms with Gasteiger partial charge in [-0.3, -0.25) is 9.97 Å². The fourth-order valence-corrected chi connectivity index (χ4v) is 2.00.